The molecule has 0 bridgehead atoms. The number of hydrogen-bond acceptors (Lipinski definition) is 4. The molecule has 0 aliphatic carbocycles. The number of nitrogens with zero attached hydrogens (tertiary/aromatic N) is 2. The fraction of sp³-hybridized carbons (Fsp3) is 0.636. The van der Waals surface area contributed by atoms with Crippen LogP contribution in [0.2, 0.25) is 0 Å². The van der Waals surface area contributed by atoms with Gasteiger partial charge in [-0.05, 0) is 19.9 Å². The van der Waals surface area contributed by atoms with Gasteiger partial charge in [-0.3, -0.25) is 4.68 Å². The molecule has 1 fully saturated rings. The molecule has 0 amide bonds. The number of halogens is 3. The Morgan fingerprint density at radius 1 is 1.68 bits per heavy atom. The van der Waals surface area contributed by atoms with Crippen LogP contribution < -0.4 is 5.32 Å². The summed E-state index contributed by atoms with van der Waals surface area (Å²) in [5, 5.41) is 6.49. The molecule has 1 atom stereocenters. The SMILES string of the molecule is CCOC(=O)c1cnn(C2CCNCC2(F)F)c1.Cl. The lowest BCUT2D eigenvalue weighted by atomic mass is 10.0. The van der Waals surface area contributed by atoms with Gasteiger partial charge in [0.2, 0.25) is 0 Å². The zero-order valence-electron chi connectivity index (χ0n) is 10.4. The van der Waals surface area contributed by atoms with E-state index in [0.29, 0.717) is 6.54 Å². The van der Waals surface area contributed by atoms with Gasteiger partial charge in [-0.2, -0.15) is 5.10 Å². The predicted molar refractivity (Wildman–Crippen MR) is 66.9 cm³/mol. The number of rotatable bonds is 3. The molecule has 0 saturated carbocycles. The number of hydrogen-bond donors (Lipinski definition) is 1. The van der Waals surface area contributed by atoms with Gasteiger partial charge in [-0.1, -0.05) is 0 Å². The fourth-order valence-corrected chi connectivity index (χ4v) is 1.98. The highest BCUT2D eigenvalue weighted by atomic mass is 35.5. The first-order chi connectivity index (χ1) is 8.54. The van der Waals surface area contributed by atoms with Crippen molar-refractivity contribution in [2.24, 2.45) is 0 Å². The Morgan fingerprint density at radius 2 is 2.42 bits per heavy atom. The zero-order valence-corrected chi connectivity index (χ0v) is 11.3. The lowest BCUT2D eigenvalue weighted by Gasteiger charge is -2.31. The van der Waals surface area contributed by atoms with Crippen LogP contribution in [0.3, 0.4) is 0 Å². The fourth-order valence-electron chi connectivity index (χ4n) is 1.98. The Hall–Kier alpha value is -1.21. The molecule has 2 rings (SSSR count). The van der Waals surface area contributed by atoms with Crippen molar-refractivity contribution in [3.63, 3.8) is 0 Å². The quantitative estimate of drug-likeness (QED) is 0.862. The molecule has 5 nitrogen and oxygen atoms in total. The molecule has 1 N–H and O–H groups in total. The topological polar surface area (TPSA) is 56.1 Å². The lowest BCUT2D eigenvalue weighted by molar-refractivity contribution is -0.0697. The summed E-state index contributed by atoms with van der Waals surface area (Å²) >= 11 is 0. The van der Waals surface area contributed by atoms with Crippen molar-refractivity contribution in [1.29, 1.82) is 0 Å². The summed E-state index contributed by atoms with van der Waals surface area (Å²) in [6.07, 6.45) is 2.86. The number of carbonyl (C=O) groups is 1. The van der Waals surface area contributed by atoms with Crippen molar-refractivity contribution in [2.45, 2.75) is 25.3 Å². The number of esters is 1. The zero-order chi connectivity index (χ0) is 13.2. The molecular formula is C11H16ClF2N3O2. The van der Waals surface area contributed by atoms with Gasteiger partial charge >= 0.3 is 5.97 Å². The minimum absolute atomic E-state index is 0. The molecule has 1 aliphatic rings. The lowest BCUT2D eigenvalue weighted by Crippen LogP contribution is -2.47. The monoisotopic (exact) mass is 295 g/mol. The number of aromatic nitrogens is 2. The second-order valence-corrected chi connectivity index (χ2v) is 4.17. The van der Waals surface area contributed by atoms with E-state index >= 15 is 0 Å². The van der Waals surface area contributed by atoms with E-state index in [0.717, 1.165) is 4.68 Å². The molecule has 1 aromatic rings. The molecule has 1 aliphatic heterocycles. The van der Waals surface area contributed by atoms with Gasteiger partial charge in [0.05, 0.1) is 24.9 Å². The van der Waals surface area contributed by atoms with Crippen LogP contribution >= 0.6 is 12.4 Å². The average Bonchev–Trinajstić information content (AvgIpc) is 2.78. The summed E-state index contributed by atoms with van der Waals surface area (Å²) in [7, 11) is 0. The molecule has 0 spiro atoms. The smallest absolute Gasteiger partial charge is 0.341 e. The van der Waals surface area contributed by atoms with E-state index in [1.54, 1.807) is 6.92 Å². The largest absolute Gasteiger partial charge is 0.462 e. The van der Waals surface area contributed by atoms with Gasteiger partial charge in [0, 0.05) is 6.20 Å². The summed E-state index contributed by atoms with van der Waals surface area (Å²) in [5.41, 5.74) is 0.200. The summed E-state index contributed by atoms with van der Waals surface area (Å²) in [5.74, 6) is -3.41. The van der Waals surface area contributed by atoms with Crippen LogP contribution in [0, 0.1) is 0 Å². The average molecular weight is 296 g/mol. The van der Waals surface area contributed by atoms with E-state index in [1.807, 2.05) is 0 Å². The first kappa shape index (κ1) is 15.8. The second kappa shape index (κ2) is 6.29. The number of alkyl halides is 2. The molecular weight excluding hydrogens is 280 g/mol. The van der Waals surface area contributed by atoms with E-state index in [4.69, 9.17) is 4.74 Å². The molecule has 2 heterocycles. The van der Waals surface area contributed by atoms with Gasteiger partial charge < -0.3 is 10.1 Å². The van der Waals surface area contributed by atoms with Crippen molar-refractivity contribution in [1.82, 2.24) is 15.1 Å². The van der Waals surface area contributed by atoms with Crippen molar-refractivity contribution in [3.8, 4) is 0 Å². The van der Waals surface area contributed by atoms with Gasteiger partial charge in [0.25, 0.3) is 5.92 Å². The van der Waals surface area contributed by atoms with Crippen LogP contribution in [0.4, 0.5) is 8.78 Å². The third-order valence-corrected chi connectivity index (χ3v) is 2.87. The van der Waals surface area contributed by atoms with Crippen LogP contribution in [0.15, 0.2) is 12.4 Å². The Kier molecular flexibility index (Phi) is 5.25. The van der Waals surface area contributed by atoms with E-state index in [9.17, 15) is 13.6 Å². The second-order valence-electron chi connectivity index (χ2n) is 4.17. The van der Waals surface area contributed by atoms with Crippen LogP contribution in [0.5, 0.6) is 0 Å². The summed E-state index contributed by atoms with van der Waals surface area (Å²) in [4.78, 5) is 11.4. The van der Waals surface area contributed by atoms with E-state index < -0.39 is 17.9 Å². The van der Waals surface area contributed by atoms with Gasteiger partial charge in [0.15, 0.2) is 0 Å². The normalized spacial score (nSPS) is 21.5. The van der Waals surface area contributed by atoms with Gasteiger partial charge in [-0.25, -0.2) is 13.6 Å². The molecule has 1 aromatic heterocycles. The summed E-state index contributed by atoms with van der Waals surface area (Å²) in [6, 6.07) is -1.01. The number of carbonyl (C=O) groups excluding carboxylic acids is 1. The van der Waals surface area contributed by atoms with Crippen molar-refractivity contribution in [3.05, 3.63) is 18.0 Å². The van der Waals surface area contributed by atoms with E-state index in [1.165, 1.54) is 12.4 Å². The standard InChI is InChI=1S/C11H15F2N3O2.ClH/c1-2-18-10(17)8-5-15-16(6-8)9-3-4-14-7-11(9,12)13;/h5-6,9,14H,2-4,7H2,1H3;1H. The minimum Gasteiger partial charge on any atom is -0.462 e. The first-order valence-electron chi connectivity index (χ1n) is 5.84. The molecule has 108 valence electrons. The van der Waals surface area contributed by atoms with Crippen LogP contribution in [0.1, 0.15) is 29.7 Å². The Labute approximate surface area is 115 Å². The summed E-state index contributed by atoms with van der Waals surface area (Å²) in [6.45, 7) is 2.07. The highest BCUT2D eigenvalue weighted by molar-refractivity contribution is 5.88. The Bertz CT molecular complexity index is 439. The van der Waals surface area contributed by atoms with Crippen molar-refractivity contribution >= 4 is 18.4 Å². The molecule has 8 heteroatoms. The van der Waals surface area contributed by atoms with Crippen LogP contribution in [-0.4, -0.2) is 41.4 Å². The molecule has 19 heavy (non-hydrogen) atoms. The number of piperidine rings is 1. The Balaban J connectivity index is 0.00000180. The molecule has 0 radical (unpaired) electrons. The molecule has 0 aromatic carbocycles. The molecule has 1 unspecified atom stereocenters. The van der Waals surface area contributed by atoms with Gasteiger partial charge in [0.1, 0.15) is 6.04 Å². The maximum absolute atomic E-state index is 13.7. The third-order valence-electron chi connectivity index (χ3n) is 2.87. The van der Waals surface area contributed by atoms with Crippen LogP contribution in [0.25, 0.3) is 0 Å². The van der Waals surface area contributed by atoms with E-state index in [-0.39, 0.29) is 37.5 Å². The van der Waals surface area contributed by atoms with Crippen molar-refractivity contribution in [2.75, 3.05) is 19.7 Å². The van der Waals surface area contributed by atoms with Gasteiger partial charge in [-0.15, -0.1) is 12.4 Å². The number of ether oxygens (including phenoxy) is 1. The maximum Gasteiger partial charge on any atom is 0.341 e. The van der Waals surface area contributed by atoms with Crippen LogP contribution in [-0.2, 0) is 4.74 Å². The highest BCUT2D eigenvalue weighted by Gasteiger charge is 2.43. The predicted octanol–water partition coefficient (Wildman–Crippen LogP) is 1.65. The van der Waals surface area contributed by atoms with E-state index in [2.05, 4.69) is 10.4 Å². The first-order valence-corrected chi connectivity index (χ1v) is 5.84. The maximum atomic E-state index is 13.7. The molecule has 1 saturated heterocycles. The third kappa shape index (κ3) is 3.42. The summed E-state index contributed by atoms with van der Waals surface area (Å²) < 4.78 is 33.3. The highest BCUT2D eigenvalue weighted by Crippen LogP contribution is 2.33. The van der Waals surface area contributed by atoms with Crippen molar-refractivity contribution < 1.29 is 18.3 Å². The minimum atomic E-state index is -2.86. The Morgan fingerprint density at radius 3 is 3.05 bits per heavy atom. The number of nitrogens with one attached hydrogen (secondary N) is 1.